The monoisotopic (exact) mass is 318 g/mol. The molecule has 4 aromatic rings. The summed E-state index contributed by atoms with van der Waals surface area (Å²) in [5.41, 5.74) is 6.76. The van der Waals surface area contributed by atoms with E-state index in [4.69, 9.17) is 14.5 Å². The summed E-state index contributed by atoms with van der Waals surface area (Å²) < 4.78 is 5.30. The number of nitrogens with one attached hydrogen (secondary N) is 1. The number of aryl methyl sites for hydroxylation is 4. The molecule has 0 amide bonds. The molecule has 0 saturated carbocycles. The summed E-state index contributed by atoms with van der Waals surface area (Å²) in [6.07, 6.45) is 0. The molecule has 5 nitrogen and oxygen atoms in total. The smallest absolute Gasteiger partial charge is 0.167 e. The van der Waals surface area contributed by atoms with E-state index < -0.39 is 0 Å². The standard InChI is InChI=1S/C19H18N4O/c1-10-7-5-6-8-14(10)17-15-9-11(2)20-18(15)22-19(21-17)16-12(3)23-24-13(16)4/h5-9H,1-4H3,(H,20,21,22). The van der Waals surface area contributed by atoms with Gasteiger partial charge in [-0.2, -0.15) is 0 Å². The Labute approximate surface area is 139 Å². The molecule has 0 spiro atoms. The Bertz CT molecular complexity index is 1040. The van der Waals surface area contributed by atoms with Crippen molar-refractivity contribution in [2.75, 3.05) is 0 Å². The third-order valence-electron chi connectivity index (χ3n) is 4.28. The molecular formula is C19H18N4O. The summed E-state index contributed by atoms with van der Waals surface area (Å²) >= 11 is 0. The van der Waals surface area contributed by atoms with Crippen LogP contribution in [0.4, 0.5) is 0 Å². The van der Waals surface area contributed by atoms with Crippen LogP contribution < -0.4 is 0 Å². The lowest BCUT2D eigenvalue weighted by atomic mass is 10.0. The Hall–Kier alpha value is -2.95. The van der Waals surface area contributed by atoms with Crippen molar-refractivity contribution in [1.29, 1.82) is 0 Å². The molecule has 1 aromatic carbocycles. The lowest BCUT2D eigenvalue weighted by molar-refractivity contribution is 0.393. The van der Waals surface area contributed by atoms with Gasteiger partial charge in [-0.3, -0.25) is 0 Å². The summed E-state index contributed by atoms with van der Waals surface area (Å²) in [5.74, 6) is 1.37. The van der Waals surface area contributed by atoms with Crippen molar-refractivity contribution in [2.24, 2.45) is 0 Å². The van der Waals surface area contributed by atoms with Gasteiger partial charge < -0.3 is 9.51 Å². The topological polar surface area (TPSA) is 67.6 Å². The summed E-state index contributed by atoms with van der Waals surface area (Å²) in [6.45, 7) is 7.92. The average molecular weight is 318 g/mol. The third kappa shape index (κ3) is 2.21. The quantitative estimate of drug-likeness (QED) is 0.590. The first-order chi connectivity index (χ1) is 11.5. The molecule has 0 aliphatic rings. The van der Waals surface area contributed by atoms with Crippen LogP contribution in [-0.4, -0.2) is 20.1 Å². The molecule has 1 N–H and O–H groups in total. The highest BCUT2D eigenvalue weighted by molar-refractivity contribution is 5.93. The first kappa shape index (κ1) is 14.6. The fourth-order valence-corrected chi connectivity index (χ4v) is 3.10. The molecule has 120 valence electrons. The van der Waals surface area contributed by atoms with Gasteiger partial charge in [0.25, 0.3) is 0 Å². The maximum atomic E-state index is 5.30. The van der Waals surface area contributed by atoms with Crippen molar-refractivity contribution in [2.45, 2.75) is 27.7 Å². The zero-order chi connectivity index (χ0) is 16.8. The fourth-order valence-electron chi connectivity index (χ4n) is 3.10. The van der Waals surface area contributed by atoms with Gasteiger partial charge in [0.15, 0.2) is 5.82 Å². The Morgan fingerprint density at radius 2 is 1.79 bits per heavy atom. The van der Waals surface area contributed by atoms with Crippen LogP contribution >= 0.6 is 0 Å². The van der Waals surface area contributed by atoms with Gasteiger partial charge in [-0.25, -0.2) is 9.97 Å². The second-order valence-corrected chi connectivity index (χ2v) is 6.12. The predicted molar refractivity (Wildman–Crippen MR) is 93.8 cm³/mol. The van der Waals surface area contributed by atoms with E-state index >= 15 is 0 Å². The fraction of sp³-hybridized carbons (Fsp3) is 0.211. The molecule has 0 atom stereocenters. The molecule has 0 saturated heterocycles. The number of nitrogens with zero attached hydrogens (tertiary/aromatic N) is 3. The lowest BCUT2D eigenvalue weighted by Crippen LogP contribution is -1.96. The van der Waals surface area contributed by atoms with Crippen LogP contribution in [0.3, 0.4) is 0 Å². The zero-order valence-electron chi connectivity index (χ0n) is 14.1. The van der Waals surface area contributed by atoms with Gasteiger partial charge in [-0.15, -0.1) is 0 Å². The van der Waals surface area contributed by atoms with Crippen molar-refractivity contribution >= 4 is 11.0 Å². The van der Waals surface area contributed by atoms with Crippen LogP contribution in [0.25, 0.3) is 33.7 Å². The molecular weight excluding hydrogens is 300 g/mol. The third-order valence-corrected chi connectivity index (χ3v) is 4.28. The van der Waals surface area contributed by atoms with E-state index in [1.165, 1.54) is 5.56 Å². The van der Waals surface area contributed by atoms with E-state index in [1.807, 2.05) is 32.9 Å². The Morgan fingerprint density at radius 3 is 2.50 bits per heavy atom. The SMILES string of the molecule is Cc1cc2c(-c3ccccc3C)nc(-c3c(C)noc3C)nc2[nH]1. The van der Waals surface area contributed by atoms with Crippen LogP contribution in [0.5, 0.6) is 0 Å². The van der Waals surface area contributed by atoms with Crippen molar-refractivity contribution < 1.29 is 4.52 Å². The second-order valence-electron chi connectivity index (χ2n) is 6.12. The van der Waals surface area contributed by atoms with Crippen molar-refractivity contribution in [3.63, 3.8) is 0 Å². The largest absolute Gasteiger partial charge is 0.361 e. The number of hydrogen-bond acceptors (Lipinski definition) is 4. The van der Waals surface area contributed by atoms with Crippen molar-refractivity contribution in [3.8, 4) is 22.6 Å². The van der Waals surface area contributed by atoms with Crippen LogP contribution in [0.2, 0.25) is 0 Å². The van der Waals surface area contributed by atoms with Gasteiger partial charge in [0, 0.05) is 16.6 Å². The van der Waals surface area contributed by atoms with E-state index in [-0.39, 0.29) is 0 Å². The normalized spacial score (nSPS) is 11.3. The van der Waals surface area contributed by atoms with Gasteiger partial charge >= 0.3 is 0 Å². The predicted octanol–water partition coefficient (Wildman–Crippen LogP) is 4.51. The van der Waals surface area contributed by atoms with Gasteiger partial charge in [0.1, 0.15) is 11.4 Å². The van der Waals surface area contributed by atoms with E-state index in [2.05, 4.69) is 35.3 Å². The van der Waals surface area contributed by atoms with E-state index in [0.717, 1.165) is 45.0 Å². The van der Waals surface area contributed by atoms with Crippen LogP contribution in [0.15, 0.2) is 34.9 Å². The van der Waals surface area contributed by atoms with Gasteiger partial charge in [-0.05, 0) is 39.3 Å². The molecule has 0 radical (unpaired) electrons. The number of H-pyrrole nitrogens is 1. The second kappa shape index (κ2) is 5.30. The first-order valence-corrected chi connectivity index (χ1v) is 7.91. The zero-order valence-corrected chi connectivity index (χ0v) is 14.1. The molecule has 0 unspecified atom stereocenters. The van der Waals surface area contributed by atoms with E-state index in [9.17, 15) is 0 Å². The maximum absolute atomic E-state index is 5.30. The van der Waals surface area contributed by atoms with Crippen molar-refractivity contribution in [1.82, 2.24) is 20.1 Å². The number of fused-ring (bicyclic) bond motifs is 1. The number of rotatable bonds is 2. The Morgan fingerprint density at radius 1 is 1.00 bits per heavy atom. The van der Waals surface area contributed by atoms with Crippen LogP contribution in [0.1, 0.15) is 22.7 Å². The molecule has 4 rings (SSSR count). The summed E-state index contributed by atoms with van der Waals surface area (Å²) in [7, 11) is 0. The van der Waals surface area contributed by atoms with Gasteiger partial charge in [0.05, 0.1) is 17.0 Å². The van der Waals surface area contributed by atoms with Crippen molar-refractivity contribution in [3.05, 3.63) is 53.0 Å². The van der Waals surface area contributed by atoms with E-state index in [0.29, 0.717) is 5.82 Å². The van der Waals surface area contributed by atoms with E-state index in [1.54, 1.807) is 0 Å². The minimum atomic E-state index is 0.638. The average Bonchev–Trinajstić information content (AvgIpc) is 3.08. The molecule has 0 aliphatic carbocycles. The van der Waals surface area contributed by atoms with Gasteiger partial charge in [0.2, 0.25) is 0 Å². The summed E-state index contributed by atoms with van der Waals surface area (Å²) in [4.78, 5) is 12.9. The molecule has 3 heterocycles. The molecule has 0 fully saturated rings. The number of hydrogen-bond donors (Lipinski definition) is 1. The summed E-state index contributed by atoms with van der Waals surface area (Å²) in [6, 6.07) is 10.4. The number of aromatic amines is 1. The maximum Gasteiger partial charge on any atom is 0.167 e. The van der Waals surface area contributed by atoms with Gasteiger partial charge in [-0.1, -0.05) is 29.4 Å². The molecule has 0 aliphatic heterocycles. The number of benzene rings is 1. The summed E-state index contributed by atoms with van der Waals surface area (Å²) in [5, 5.41) is 5.06. The Balaban J connectivity index is 2.07. The minimum absolute atomic E-state index is 0.638. The highest BCUT2D eigenvalue weighted by Gasteiger charge is 2.19. The molecule has 5 heteroatoms. The Kier molecular flexibility index (Phi) is 3.23. The lowest BCUT2D eigenvalue weighted by Gasteiger charge is -2.08. The highest BCUT2D eigenvalue weighted by Crippen LogP contribution is 2.32. The van der Waals surface area contributed by atoms with Crippen LogP contribution in [0, 0.1) is 27.7 Å². The van der Waals surface area contributed by atoms with Crippen LogP contribution in [-0.2, 0) is 0 Å². The molecule has 0 bridgehead atoms. The number of aromatic nitrogens is 4. The minimum Gasteiger partial charge on any atom is -0.361 e. The first-order valence-electron chi connectivity index (χ1n) is 7.91. The molecule has 3 aromatic heterocycles. The highest BCUT2D eigenvalue weighted by atomic mass is 16.5. The molecule has 24 heavy (non-hydrogen) atoms.